The van der Waals surface area contributed by atoms with E-state index in [1.807, 2.05) is 44.4 Å². The van der Waals surface area contributed by atoms with E-state index in [4.69, 9.17) is 4.98 Å². The highest BCUT2D eigenvalue weighted by molar-refractivity contribution is 5.77. The molecule has 0 unspecified atom stereocenters. The van der Waals surface area contributed by atoms with E-state index in [-0.39, 0.29) is 0 Å². The highest BCUT2D eigenvalue weighted by Gasteiger charge is 2.15. The lowest BCUT2D eigenvalue weighted by Gasteiger charge is -2.14. The molecule has 0 spiro atoms. The van der Waals surface area contributed by atoms with Crippen LogP contribution >= 0.6 is 0 Å². The third-order valence-electron chi connectivity index (χ3n) is 3.95. The molecule has 0 aliphatic heterocycles. The summed E-state index contributed by atoms with van der Waals surface area (Å²) in [5.74, 6) is 0.842. The fourth-order valence-electron chi connectivity index (χ4n) is 2.74. The van der Waals surface area contributed by atoms with E-state index < -0.39 is 0 Å². The van der Waals surface area contributed by atoms with Gasteiger partial charge < -0.3 is 4.90 Å². The zero-order chi connectivity index (χ0) is 16.5. The molecule has 2 heterocycles. The van der Waals surface area contributed by atoms with E-state index in [9.17, 15) is 0 Å². The molecule has 0 aliphatic rings. The van der Waals surface area contributed by atoms with E-state index in [2.05, 4.69) is 43.7 Å². The molecule has 0 saturated heterocycles. The smallest absolute Gasteiger partial charge is 0.198 e. The van der Waals surface area contributed by atoms with Crippen molar-refractivity contribution in [2.24, 2.45) is 0 Å². The molecule has 0 saturated carbocycles. The topological polar surface area (TPSA) is 46.8 Å². The van der Waals surface area contributed by atoms with Gasteiger partial charge in [0.1, 0.15) is 5.82 Å². The number of nitrogens with zero attached hydrogens (tertiary/aromatic N) is 5. The number of hydrogen-bond acceptors (Lipinski definition) is 4. The maximum Gasteiger partial charge on any atom is 0.198 e. The summed E-state index contributed by atoms with van der Waals surface area (Å²) in [5, 5.41) is 0. The molecule has 5 nitrogen and oxygen atoms in total. The normalized spacial score (nSPS) is 10.9. The fourth-order valence-corrected chi connectivity index (χ4v) is 2.74. The molecule has 118 valence electrons. The summed E-state index contributed by atoms with van der Waals surface area (Å²) in [7, 11) is 4.06. The summed E-state index contributed by atoms with van der Waals surface area (Å²) >= 11 is 0. The SMILES string of the molecule is CN(C)c1ccc(-n2c(-c3ccccc3)nc3nccnc32)cc1. The van der Waals surface area contributed by atoms with Crippen LogP contribution in [0.1, 0.15) is 0 Å². The second kappa shape index (κ2) is 5.77. The molecule has 2 aromatic carbocycles. The van der Waals surface area contributed by atoms with Crippen LogP contribution < -0.4 is 4.90 Å². The van der Waals surface area contributed by atoms with Crippen molar-refractivity contribution in [2.75, 3.05) is 19.0 Å². The number of rotatable bonds is 3. The minimum absolute atomic E-state index is 0.646. The van der Waals surface area contributed by atoms with Crippen LogP contribution in [-0.2, 0) is 0 Å². The van der Waals surface area contributed by atoms with Gasteiger partial charge in [-0.1, -0.05) is 30.3 Å². The molecule has 0 aliphatic carbocycles. The van der Waals surface area contributed by atoms with Crippen LogP contribution in [0.2, 0.25) is 0 Å². The van der Waals surface area contributed by atoms with Gasteiger partial charge in [-0.15, -0.1) is 0 Å². The lowest BCUT2D eigenvalue weighted by Crippen LogP contribution is -2.08. The molecular formula is C19H17N5. The molecular weight excluding hydrogens is 298 g/mol. The lowest BCUT2D eigenvalue weighted by molar-refractivity contribution is 1.07. The van der Waals surface area contributed by atoms with Crippen LogP contribution in [0.25, 0.3) is 28.4 Å². The largest absolute Gasteiger partial charge is 0.378 e. The number of hydrogen-bond donors (Lipinski definition) is 0. The Balaban J connectivity index is 1.96. The third kappa shape index (κ3) is 2.40. The first kappa shape index (κ1) is 14.4. The van der Waals surface area contributed by atoms with Gasteiger partial charge in [0.05, 0.1) is 0 Å². The summed E-state index contributed by atoms with van der Waals surface area (Å²) in [6.45, 7) is 0. The molecule has 0 atom stereocenters. The quantitative estimate of drug-likeness (QED) is 0.580. The van der Waals surface area contributed by atoms with Gasteiger partial charge in [-0.3, -0.25) is 4.57 Å². The van der Waals surface area contributed by atoms with E-state index >= 15 is 0 Å². The Hall–Kier alpha value is -3.21. The Morgan fingerprint density at radius 1 is 0.833 bits per heavy atom. The molecule has 4 aromatic rings. The average Bonchev–Trinajstić information content (AvgIpc) is 3.02. The molecule has 0 N–H and O–H groups in total. The van der Waals surface area contributed by atoms with Crippen molar-refractivity contribution in [3.05, 3.63) is 67.0 Å². The first-order chi connectivity index (χ1) is 11.7. The second-order valence-corrected chi connectivity index (χ2v) is 5.75. The Kier molecular flexibility index (Phi) is 3.46. The first-order valence-corrected chi connectivity index (χ1v) is 7.77. The van der Waals surface area contributed by atoms with Crippen molar-refractivity contribution in [1.29, 1.82) is 0 Å². The summed E-state index contributed by atoms with van der Waals surface area (Å²) in [5.41, 5.74) is 4.61. The van der Waals surface area contributed by atoms with Gasteiger partial charge in [0, 0.05) is 43.4 Å². The van der Waals surface area contributed by atoms with Crippen LogP contribution in [0, 0.1) is 0 Å². The number of fused-ring (bicyclic) bond motifs is 1. The zero-order valence-corrected chi connectivity index (χ0v) is 13.6. The Morgan fingerprint density at radius 3 is 2.25 bits per heavy atom. The van der Waals surface area contributed by atoms with Crippen molar-refractivity contribution in [2.45, 2.75) is 0 Å². The second-order valence-electron chi connectivity index (χ2n) is 5.75. The molecule has 2 aromatic heterocycles. The van der Waals surface area contributed by atoms with Crippen molar-refractivity contribution in [3.63, 3.8) is 0 Å². The molecule has 4 rings (SSSR count). The molecule has 0 fully saturated rings. The highest BCUT2D eigenvalue weighted by Crippen LogP contribution is 2.27. The van der Waals surface area contributed by atoms with E-state index in [0.717, 1.165) is 28.4 Å². The average molecular weight is 315 g/mol. The van der Waals surface area contributed by atoms with Gasteiger partial charge in [-0.05, 0) is 24.3 Å². The van der Waals surface area contributed by atoms with Crippen molar-refractivity contribution < 1.29 is 0 Å². The summed E-state index contributed by atoms with van der Waals surface area (Å²) in [6, 6.07) is 18.5. The number of benzene rings is 2. The predicted octanol–water partition coefficient (Wildman–Crippen LogP) is 3.55. The minimum atomic E-state index is 0.646. The van der Waals surface area contributed by atoms with Crippen molar-refractivity contribution in [3.8, 4) is 17.1 Å². The fraction of sp³-hybridized carbons (Fsp3) is 0.105. The van der Waals surface area contributed by atoms with E-state index in [1.165, 1.54) is 0 Å². The van der Waals surface area contributed by atoms with Crippen molar-refractivity contribution >= 4 is 17.0 Å². The van der Waals surface area contributed by atoms with E-state index in [1.54, 1.807) is 12.4 Å². The van der Waals surface area contributed by atoms with Crippen LogP contribution in [0.15, 0.2) is 67.0 Å². The highest BCUT2D eigenvalue weighted by atomic mass is 15.2. The van der Waals surface area contributed by atoms with Gasteiger partial charge in [0.15, 0.2) is 11.3 Å². The molecule has 24 heavy (non-hydrogen) atoms. The maximum absolute atomic E-state index is 4.70. The maximum atomic E-state index is 4.70. The molecule has 0 radical (unpaired) electrons. The zero-order valence-electron chi connectivity index (χ0n) is 13.6. The van der Waals surface area contributed by atoms with Gasteiger partial charge in [-0.2, -0.15) is 0 Å². The van der Waals surface area contributed by atoms with Crippen LogP contribution in [0.4, 0.5) is 5.69 Å². The Bertz CT molecular complexity index is 972. The van der Waals surface area contributed by atoms with E-state index in [0.29, 0.717) is 5.65 Å². The van der Waals surface area contributed by atoms with Crippen LogP contribution in [0.3, 0.4) is 0 Å². The van der Waals surface area contributed by atoms with Gasteiger partial charge in [0.25, 0.3) is 0 Å². The summed E-state index contributed by atoms with van der Waals surface area (Å²) < 4.78 is 2.05. The standard InChI is InChI=1S/C19H17N5/c1-23(2)15-8-10-16(11-9-15)24-18(14-6-4-3-5-7-14)22-17-19(24)21-13-12-20-17/h3-13H,1-2H3. The molecule has 0 amide bonds. The molecule has 5 heteroatoms. The predicted molar refractivity (Wildman–Crippen MR) is 96.4 cm³/mol. The van der Waals surface area contributed by atoms with Gasteiger partial charge in [0.2, 0.25) is 0 Å². The number of imidazole rings is 1. The molecule has 0 bridgehead atoms. The number of anilines is 1. The Labute approximate surface area is 140 Å². The van der Waals surface area contributed by atoms with Crippen molar-refractivity contribution in [1.82, 2.24) is 19.5 Å². The summed E-state index contributed by atoms with van der Waals surface area (Å²) in [4.78, 5) is 15.6. The first-order valence-electron chi connectivity index (χ1n) is 7.77. The Morgan fingerprint density at radius 2 is 1.54 bits per heavy atom. The monoisotopic (exact) mass is 315 g/mol. The van der Waals surface area contributed by atoms with Gasteiger partial charge in [-0.25, -0.2) is 15.0 Å². The number of aromatic nitrogens is 4. The lowest BCUT2D eigenvalue weighted by atomic mass is 10.2. The third-order valence-corrected chi connectivity index (χ3v) is 3.95. The summed E-state index contributed by atoms with van der Waals surface area (Å²) in [6.07, 6.45) is 3.37. The minimum Gasteiger partial charge on any atom is -0.378 e. The van der Waals surface area contributed by atoms with Gasteiger partial charge >= 0.3 is 0 Å². The van der Waals surface area contributed by atoms with Crippen LogP contribution in [0.5, 0.6) is 0 Å². The van der Waals surface area contributed by atoms with Crippen LogP contribution in [-0.4, -0.2) is 33.6 Å².